The number of benzene rings is 2. The van der Waals surface area contributed by atoms with Gasteiger partial charge in [-0.25, -0.2) is 0 Å². The average Bonchev–Trinajstić information content (AvgIpc) is 2.46. The monoisotopic (exact) mass is 287 g/mol. The van der Waals surface area contributed by atoms with E-state index in [1.165, 1.54) is 11.1 Å². The molecule has 0 amide bonds. The smallest absolute Gasteiger partial charge is 0.0453 e. The van der Waals surface area contributed by atoms with Crippen molar-refractivity contribution in [1.82, 2.24) is 5.32 Å². The molecule has 1 nitrogen and oxygen atoms in total. The van der Waals surface area contributed by atoms with E-state index in [1.807, 2.05) is 18.2 Å². The van der Waals surface area contributed by atoms with E-state index in [1.54, 1.807) is 0 Å². The lowest BCUT2D eigenvalue weighted by molar-refractivity contribution is 0.456. The van der Waals surface area contributed by atoms with Crippen molar-refractivity contribution in [2.24, 2.45) is 0 Å². The first-order valence-corrected chi connectivity index (χ1v) is 7.59. The first kappa shape index (κ1) is 15.1. The summed E-state index contributed by atoms with van der Waals surface area (Å²) in [6, 6.07) is 19.4. The molecule has 0 bridgehead atoms. The largest absolute Gasteiger partial charge is 0.308 e. The van der Waals surface area contributed by atoms with Crippen molar-refractivity contribution in [2.45, 2.75) is 38.8 Å². The zero-order valence-corrected chi connectivity index (χ0v) is 12.9. The molecular formula is C18H22ClN. The number of halogens is 1. The number of hydrogen-bond acceptors (Lipinski definition) is 1. The topological polar surface area (TPSA) is 12.0 Å². The van der Waals surface area contributed by atoms with Gasteiger partial charge in [0.25, 0.3) is 0 Å². The predicted octanol–water partition coefficient (Wildman–Crippen LogP) is 5.01. The summed E-state index contributed by atoms with van der Waals surface area (Å²) >= 11 is 6.24. The Morgan fingerprint density at radius 3 is 2.30 bits per heavy atom. The van der Waals surface area contributed by atoms with Gasteiger partial charge in [0.1, 0.15) is 0 Å². The molecule has 2 unspecified atom stereocenters. The van der Waals surface area contributed by atoms with Crippen molar-refractivity contribution in [1.29, 1.82) is 0 Å². The van der Waals surface area contributed by atoms with Crippen LogP contribution in [0.5, 0.6) is 0 Å². The van der Waals surface area contributed by atoms with Gasteiger partial charge in [-0.2, -0.15) is 0 Å². The Hall–Kier alpha value is -1.31. The van der Waals surface area contributed by atoms with Gasteiger partial charge in [0.05, 0.1) is 0 Å². The van der Waals surface area contributed by atoms with Gasteiger partial charge in [-0.05, 0) is 43.9 Å². The van der Waals surface area contributed by atoms with E-state index in [2.05, 4.69) is 55.6 Å². The lowest BCUT2D eigenvalue weighted by Gasteiger charge is -2.21. The molecule has 0 aromatic heterocycles. The molecule has 0 spiro atoms. The van der Waals surface area contributed by atoms with Gasteiger partial charge in [-0.3, -0.25) is 0 Å². The minimum atomic E-state index is 0.273. The third-order valence-electron chi connectivity index (χ3n) is 3.62. The Kier molecular flexibility index (Phi) is 5.63. The highest BCUT2D eigenvalue weighted by Gasteiger charge is 2.11. The summed E-state index contributed by atoms with van der Waals surface area (Å²) < 4.78 is 0. The van der Waals surface area contributed by atoms with Crippen molar-refractivity contribution in [3.05, 3.63) is 70.7 Å². The first-order valence-electron chi connectivity index (χ1n) is 7.21. The van der Waals surface area contributed by atoms with Crippen LogP contribution in [-0.4, -0.2) is 6.04 Å². The molecule has 20 heavy (non-hydrogen) atoms. The quantitative estimate of drug-likeness (QED) is 0.787. The highest BCUT2D eigenvalue weighted by molar-refractivity contribution is 6.31. The van der Waals surface area contributed by atoms with Crippen LogP contribution < -0.4 is 5.32 Å². The average molecular weight is 288 g/mol. The third-order valence-corrected chi connectivity index (χ3v) is 3.96. The van der Waals surface area contributed by atoms with E-state index in [9.17, 15) is 0 Å². The van der Waals surface area contributed by atoms with Crippen LogP contribution in [0.25, 0.3) is 0 Å². The van der Waals surface area contributed by atoms with Crippen molar-refractivity contribution >= 4 is 11.6 Å². The molecule has 2 aromatic rings. The molecule has 0 radical (unpaired) electrons. The van der Waals surface area contributed by atoms with Crippen LogP contribution in [0.2, 0.25) is 5.02 Å². The second kappa shape index (κ2) is 7.47. The molecule has 2 aromatic carbocycles. The van der Waals surface area contributed by atoms with E-state index >= 15 is 0 Å². The van der Waals surface area contributed by atoms with E-state index in [0.717, 1.165) is 17.9 Å². The highest BCUT2D eigenvalue weighted by Crippen LogP contribution is 2.22. The molecule has 0 aliphatic heterocycles. The molecule has 2 rings (SSSR count). The molecule has 0 saturated heterocycles. The maximum Gasteiger partial charge on any atom is 0.0453 e. The second-order valence-corrected chi connectivity index (χ2v) is 5.74. The van der Waals surface area contributed by atoms with Gasteiger partial charge >= 0.3 is 0 Å². The summed E-state index contributed by atoms with van der Waals surface area (Å²) in [5.74, 6) is 0. The minimum absolute atomic E-state index is 0.273. The van der Waals surface area contributed by atoms with Crippen LogP contribution in [0.15, 0.2) is 54.6 Å². The molecule has 0 aliphatic rings. The van der Waals surface area contributed by atoms with Crippen molar-refractivity contribution in [2.75, 3.05) is 0 Å². The van der Waals surface area contributed by atoms with Crippen LogP contribution in [0.3, 0.4) is 0 Å². The fourth-order valence-electron chi connectivity index (χ4n) is 2.45. The molecule has 1 N–H and O–H groups in total. The minimum Gasteiger partial charge on any atom is -0.308 e. The molecular weight excluding hydrogens is 266 g/mol. The summed E-state index contributed by atoms with van der Waals surface area (Å²) in [6.07, 6.45) is 2.23. The Labute approximate surface area is 127 Å². The lowest BCUT2D eigenvalue weighted by Crippen LogP contribution is -2.29. The van der Waals surface area contributed by atoms with Gasteiger partial charge in [0.2, 0.25) is 0 Å². The van der Waals surface area contributed by atoms with Crippen molar-refractivity contribution in [3.63, 3.8) is 0 Å². The first-order chi connectivity index (χ1) is 9.66. The van der Waals surface area contributed by atoms with Gasteiger partial charge in [0, 0.05) is 17.1 Å². The molecule has 0 heterocycles. The maximum absolute atomic E-state index is 6.24. The van der Waals surface area contributed by atoms with Crippen LogP contribution in [-0.2, 0) is 6.42 Å². The normalized spacial score (nSPS) is 13.9. The molecule has 2 heteroatoms. The van der Waals surface area contributed by atoms with Gasteiger partial charge in [-0.15, -0.1) is 0 Å². The van der Waals surface area contributed by atoms with Crippen LogP contribution in [0, 0.1) is 0 Å². The van der Waals surface area contributed by atoms with Gasteiger partial charge < -0.3 is 5.32 Å². The molecule has 2 atom stereocenters. The Morgan fingerprint density at radius 1 is 0.950 bits per heavy atom. The number of rotatable bonds is 6. The molecule has 0 aliphatic carbocycles. The van der Waals surface area contributed by atoms with E-state index in [0.29, 0.717) is 6.04 Å². The van der Waals surface area contributed by atoms with Gasteiger partial charge in [-0.1, -0.05) is 60.1 Å². The number of hydrogen-bond donors (Lipinski definition) is 1. The van der Waals surface area contributed by atoms with Crippen molar-refractivity contribution in [3.8, 4) is 0 Å². The summed E-state index contributed by atoms with van der Waals surface area (Å²) in [5, 5.41) is 4.46. The van der Waals surface area contributed by atoms with E-state index in [4.69, 9.17) is 11.6 Å². The molecule has 0 saturated carbocycles. The summed E-state index contributed by atoms with van der Waals surface area (Å²) in [6.45, 7) is 4.40. The number of nitrogens with one attached hydrogen (secondary N) is 1. The van der Waals surface area contributed by atoms with E-state index < -0.39 is 0 Å². The molecule has 0 fully saturated rings. The Morgan fingerprint density at radius 2 is 1.60 bits per heavy atom. The zero-order valence-electron chi connectivity index (χ0n) is 12.1. The predicted molar refractivity (Wildman–Crippen MR) is 87.2 cm³/mol. The van der Waals surface area contributed by atoms with Crippen LogP contribution in [0.4, 0.5) is 0 Å². The summed E-state index contributed by atoms with van der Waals surface area (Å²) in [7, 11) is 0. The van der Waals surface area contributed by atoms with Gasteiger partial charge in [0.15, 0.2) is 0 Å². The van der Waals surface area contributed by atoms with E-state index in [-0.39, 0.29) is 6.04 Å². The molecule has 106 valence electrons. The van der Waals surface area contributed by atoms with Crippen LogP contribution >= 0.6 is 11.6 Å². The van der Waals surface area contributed by atoms with Crippen molar-refractivity contribution < 1.29 is 0 Å². The summed E-state index contributed by atoms with van der Waals surface area (Å²) in [5.41, 5.74) is 2.56. The standard InChI is InChI=1S/C18H22ClN/c1-14(12-13-16-8-4-3-5-9-16)20-15(2)17-10-6-7-11-18(17)19/h3-11,14-15,20H,12-13H2,1-2H3. The highest BCUT2D eigenvalue weighted by atomic mass is 35.5. The second-order valence-electron chi connectivity index (χ2n) is 5.34. The van der Waals surface area contributed by atoms with Crippen LogP contribution in [0.1, 0.15) is 37.4 Å². The Bertz CT molecular complexity index is 524. The lowest BCUT2D eigenvalue weighted by atomic mass is 10.0. The number of aryl methyl sites for hydroxylation is 1. The third kappa shape index (κ3) is 4.36. The fraction of sp³-hybridized carbons (Fsp3) is 0.333. The Balaban J connectivity index is 1.85. The fourth-order valence-corrected chi connectivity index (χ4v) is 2.75. The SMILES string of the molecule is CC(CCc1ccccc1)NC(C)c1ccccc1Cl. The maximum atomic E-state index is 6.24. The zero-order chi connectivity index (χ0) is 14.4. The summed E-state index contributed by atoms with van der Waals surface area (Å²) in [4.78, 5) is 0.